The monoisotopic (exact) mass is 396 g/mol. The summed E-state index contributed by atoms with van der Waals surface area (Å²) in [5.41, 5.74) is 1.82. The van der Waals surface area contributed by atoms with Crippen LogP contribution in [0.5, 0.6) is 5.75 Å². The molecule has 1 N–H and O–H groups in total. The quantitative estimate of drug-likeness (QED) is 0.415. The van der Waals surface area contributed by atoms with Crippen molar-refractivity contribution in [1.29, 1.82) is 0 Å². The number of nitrogens with one attached hydrogen (secondary N) is 1. The number of nitrogens with zero attached hydrogens (tertiary/aromatic N) is 1. The van der Waals surface area contributed by atoms with Crippen LogP contribution in [-0.4, -0.2) is 17.4 Å². The lowest BCUT2D eigenvalue weighted by Gasteiger charge is -2.09. The minimum atomic E-state index is -0.516. The van der Waals surface area contributed by atoms with Crippen LogP contribution in [0.3, 0.4) is 0 Å². The van der Waals surface area contributed by atoms with E-state index in [2.05, 4.69) is 5.32 Å². The maximum Gasteiger partial charge on any atom is 0.273 e. The van der Waals surface area contributed by atoms with E-state index in [-0.39, 0.29) is 24.0 Å². The first-order valence-electron chi connectivity index (χ1n) is 8.92. The third-order valence-electron chi connectivity index (χ3n) is 3.97. The van der Waals surface area contributed by atoms with Crippen LogP contribution >= 0.6 is 0 Å². The van der Waals surface area contributed by atoms with Gasteiger partial charge in [0.15, 0.2) is 6.61 Å². The van der Waals surface area contributed by atoms with E-state index < -0.39 is 4.92 Å². The van der Waals surface area contributed by atoms with Gasteiger partial charge in [-0.15, -0.1) is 0 Å². The Morgan fingerprint density at radius 1 is 1.03 bits per heavy atom. The second-order valence-electron chi connectivity index (χ2n) is 6.21. The van der Waals surface area contributed by atoms with Crippen molar-refractivity contribution in [1.82, 2.24) is 5.32 Å². The molecule has 29 heavy (non-hydrogen) atoms. The van der Waals surface area contributed by atoms with Gasteiger partial charge in [-0.3, -0.25) is 14.9 Å². The number of furan rings is 1. The van der Waals surface area contributed by atoms with E-state index in [0.29, 0.717) is 19.8 Å². The molecule has 2 aromatic carbocycles. The minimum Gasteiger partial charge on any atom is -0.484 e. The van der Waals surface area contributed by atoms with Gasteiger partial charge in [0, 0.05) is 12.6 Å². The fraction of sp³-hybridized carbons (Fsp3) is 0.190. The summed E-state index contributed by atoms with van der Waals surface area (Å²) >= 11 is 0. The van der Waals surface area contributed by atoms with Crippen molar-refractivity contribution in [2.24, 2.45) is 0 Å². The van der Waals surface area contributed by atoms with Gasteiger partial charge in [-0.25, -0.2) is 0 Å². The first-order chi connectivity index (χ1) is 14.1. The molecule has 1 heterocycles. The second kappa shape index (κ2) is 10.0. The Labute approximate surface area is 167 Å². The van der Waals surface area contributed by atoms with Crippen LogP contribution in [0.2, 0.25) is 0 Å². The van der Waals surface area contributed by atoms with Gasteiger partial charge in [0.05, 0.1) is 23.9 Å². The maximum absolute atomic E-state index is 12.0. The van der Waals surface area contributed by atoms with E-state index in [1.807, 2.05) is 36.4 Å². The highest BCUT2D eigenvalue weighted by atomic mass is 16.6. The van der Waals surface area contributed by atoms with Gasteiger partial charge < -0.3 is 19.2 Å². The molecule has 8 nitrogen and oxygen atoms in total. The van der Waals surface area contributed by atoms with E-state index in [1.165, 1.54) is 18.2 Å². The number of ether oxygens (including phenoxy) is 2. The molecule has 3 rings (SSSR count). The molecule has 0 saturated heterocycles. The van der Waals surface area contributed by atoms with Crippen LogP contribution in [0.1, 0.15) is 16.9 Å². The molecule has 0 saturated carbocycles. The summed E-state index contributed by atoms with van der Waals surface area (Å²) in [7, 11) is 0. The van der Waals surface area contributed by atoms with Crippen LogP contribution in [-0.2, 0) is 29.3 Å². The molecule has 0 fully saturated rings. The predicted molar refractivity (Wildman–Crippen MR) is 104 cm³/mol. The molecule has 0 aliphatic rings. The highest BCUT2D eigenvalue weighted by molar-refractivity contribution is 5.77. The van der Waals surface area contributed by atoms with Gasteiger partial charge in [-0.2, -0.15) is 0 Å². The highest BCUT2D eigenvalue weighted by Crippen LogP contribution is 2.18. The number of hydrogen-bond donors (Lipinski definition) is 1. The van der Waals surface area contributed by atoms with E-state index in [0.717, 1.165) is 16.9 Å². The highest BCUT2D eigenvalue weighted by Gasteiger charge is 2.08. The number of hydrogen-bond acceptors (Lipinski definition) is 6. The summed E-state index contributed by atoms with van der Waals surface area (Å²) in [4.78, 5) is 22.2. The zero-order valence-corrected chi connectivity index (χ0v) is 15.6. The van der Waals surface area contributed by atoms with E-state index in [9.17, 15) is 14.9 Å². The predicted octanol–water partition coefficient (Wildman–Crippen LogP) is 3.60. The van der Waals surface area contributed by atoms with Crippen molar-refractivity contribution in [2.75, 3.05) is 6.61 Å². The fourth-order valence-electron chi connectivity index (χ4n) is 2.58. The Morgan fingerprint density at radius 2 is 1.86 bits per heavy atom. The smallest absolute Gasteiger partial charge is 0.273 e. The molecule has 0 aliphatic carbocycles. The molecule has 8 heteroatoms. The minimum absolute atomic E-state index is 0.0889. The molecule has 0 bridgehead atoms. The Hall–Kier alpha value is -3.65. The fourth-order valence-corrected chi connectivity index (χ4v) is 2.58. The largest absolute Gasteiger partial charge is 0.484 e. The number of nitro groups is 1. The zero-order valence-electron chi connectivity index (χ0n) is 15.6. The molecule has 150 valence electrons. The number of amides is 1. The number of carbonyl (C=O) groups excluding carboxylic acids is 1. The second-order valence-corrected chi connectivity index (χ2v) is 6.21. The maximum atomic E-state index is 12.0. The van der Waals surface area contributed by atoms with Gasteiger partial charge in [0.25, 0.3) is 11.6 Å². The average molecular weight is 396 g/mol. The number of nitro benzene ring substituents is 1. The van der Waals surface area contributed by atoms with Gasteiger partial charge in [0.1, 0.15) is 18.1 Å². The topological polar surface area (TPSA) is 104 Å². The van der Waals surface area contributed by atoms with E-state index in [1.54, 1.807) is 12.3 Å². The van der Waals surface area contributed by atoms with Gasteiger partial charge >= 0.3 is 0 Å². The first kappa shape index (κ1) is 20.1. The third kappa shape index (κ3) is 6.47. The van der Waals surface area contributed by atoms with Crippen molar-refractivity contribution in [3.8, 4) is 5.75 Å². The first-order valence-corrected chi connectivity index (χ1v) is 8.92. The summed E-state index contributed by atoms with van der Waals surface area (Å²) in [5.74, 6) is 0.707. The van der Waals surface area contributed by atoms with Crippen LogP contribution in [0.4, 0.5) is 5.69 Å². The molecular weight excluding hydrogens is 376 g/mol. The zero-order chi connectivity index (χ0) is 20.5. The SMILES string of the molecule is O=C(COc1cccc([N+](=O)[O-])c1)NCc1cccc(COCc2ccco2)c1. The number of benzene rings is 2. The molecule has 1 aromatic heterocycles. The van der Waals surface area contributed by atoms with Gasteiger partial charge in [-0.1, -0.05) is 30.3 Å². The standard InChI is InChI=1S/C21H20N2O6/c24-21(15-29-19-7-2-6-18(11-19)23(25)26)22-12-16-4-1-5-17(10-16)13-27-14-20-8-3-9-28-20/h1-11H,12-15H2,(H,22,24). The Kier molecular flexibility index (Phi) is 6.96. The average Bonchev–Trinajstić information content (AvgIpc) is 3.25. The van der Waals surface area contributed by atoms with E-state index in [4.69, 9.17) is 13.9 Å². The number of carbonyl (C=O) groups is 1. The molecule has 0 atom stereocenters. The van der Waals surface area contributed by atoms with Crippen molar-refractivity contribution < 1.29 is 23.6 Å². The van der Waals surface area contributed by atoms with Crippen molar-refractivity contribution in [3.63, 3.8) is 0 Å². The number of non-ortho nitro benzene ring substituents is 1. The Morgan fingerprint density at radius 3 is 2.66 bits per heavy atom. The Balaban J connectivity index is 1.42. The van der Waals surface area contributed by atoms with Crippen LogP contribution < -0.4 is 10.1 Å². The van der Waals surface area contributed by atoms with Gasteiger partial charge in [0.2, 0.25) is 0 Å². The van der Waals surface area contributed by atoms with Crippen molar-refractivity contribution in [3.05, 3.63) is 93.9 Å². The lowest BCUT2D eigenvalue weighted by Crippen LogP contribution is -2.28. The molecule has 0 unspecified atom stereocenters. The summed E-state index contributed by atoms with van der Waals surface area (Å²) in [5, 5.41) is 13.5. The van der Waals surface area contributed by atoms with E-state index >= 15 is 0 Å². The summed E-state index contributed by atoms with van der Waals surface area (Å²) in [6.45, 7) is 0.928. The Bertz CT molecular complexity index is 955. The lowest BCUT2D eigenvalue weighted by atomic mass is 10.1. The summed E-state index contributed by atoms with van der Waals surface area (Å²) in [6, 6.07) is 17.1. The summed E-state index contributed by atoms with van der Waals surface area (Å²) < 4.78 is 16.1. The molecule has 0 spiro atoms. The third-order valence-corrected chi connectivity index (χ3v) is 3.97. The van der Waals surface area contributed by atoms with Crippen molar-refractivity contribution >= 4 is 11.6 Å². The molecule has 0 radical (unpaired) electrons. The molecule has 1 amide bonds. The molecular formula is C21H20N2O6. The van der Waals surface area contributed by atoms with Crippen LogP contribution in [0, 0.1) is 10.1 Å². The van der Waals surface area contributed by atoms with Gasteiger partial charge in [-0.05, 0) is 29.3 Å². The number of rotatable bonds is 10. The van der Waals surface area contributed by atoms with Crippen molar-refractivity contribution in [2.45, 2.75) is 19.8 Å². The molecule has 3 aromatic rings. The van der Waals surface area contributed by atoms with Crippen LogP contribution in [0.15, 0.2) is 71.3 Å². The van der Waals surface area contributed by atoms with Crippen LogP contribution in [0.25, 0.3) is 0 Å². The normalized spacial score (nSPS) is 10.5. The summed E-state index contributed by atoms with van der Waals surface area (Å²) in [6.07, 6.45) is 1.60. The molecule has 0 aliphatic heterocycles. The lowest BCUT2D eigenvalue weighted by molar-refractivity contribution is -0.384.